The van der Waals surface area contributed by atoms with Gasteiger partial charge in [-0.25, -0.2) is 0 Å². The highest BCUT2D eigenvalue weighted by Gasteiger charge is 2.43. The summed E-state index contributed by atoms with van der Waals surface area (Å²) >= 11 is 5.87. The molecule has 0 saturated carbocycles. The number of rotatable bonds is 6. The highest BCUT2D eigenvalue weighted by Crippen LogP contribution is 2.46. The van der Waals surface area contributed by atoms with E-state index >= 15 is 0 Å². The molecule has 1 aliphatic rings. The third kappa shape index (κ3) is 5.76. The molecule has 44 heavy (non-hydrogen) atoms. The maximum absolute atomic E-state index is 14.1. The van der Waals surface area contributed by atoms with Crippen molar-refractivity contribution in [3.8, 4) is 11.4 Å². The highest BCUT2D eigenvalue weighted by atomic mass is 32.1. The van der Waals surface area contributed by atoms with Crippen LogP contribution < -0.4 is 20.3 Å². The SMILES string of the molecule is COc1cc(N2C(=S)N[C@@H](c3ccccn3)[C@H]2c2cc(C)n(-c3ccccc3C(F)(F)F)c2C)ccc1NC(=O)C(C)(C)C. The van der Waals surface area contributed by atoms with Crippen molar-refractivity contribution in [2.24, 2.45) is 5.41 Å². The first-order valence-corrected chi connectivity index (χ1v) is 14.5. The summed E-state index contributed by atoms with van der Waals surface area (Å²) in [5.74, 6) is 0.272. The van der Waals surface area contributed by atoms with Crippen LogP contribution in [0.4, 0.5) is 24.5 Å². The third-order valence-corrected chi connectivity index (χ3v) is 8.04. The Hall–Kier alpha value is -4.38. The van der Waals surface area contributed by atoms with Gasteiger partial charge in [-0.3, -0.25) is 9.78 Å². The molecular weight excluding hydrogens is 587 g/mol. The van der Waals surface area contributed by atoms with Gasteiger partial charge in [0.1, 0.15) is 5.75 Å². The van der Waals surface area contributed by atoms with Crippen molar-refractivity contribution in [1.82, 2.24) is 14.9 Å². The molecule has 7 nitrogen and oxygen atoms in total. The Morgan fingerprint density at radius 1 is 1.02 bits per heavy atom. The van der Waals surface area contributed by atoms with Crippen molar-refractivity contribution < 1.29 is 22.7 Å². The smallest absolute Gasteiger partial charge is 0.418 e. The largest absolute Gasteiger partial charge is 0.494 e. The van der Waals surface area contributed by atoms with Gasteiger partial charge >= 0.3 is 6.18 Å². The molecule has 4 aromatic rings. The number of aromatic nitrogens is 2. The molecule has 0 bridgehead atoms. The monoisotopic (exact) mass is 621 g/mol. The Morgan fingerprint density at radius 3 is 2.36 bits per heavy atom. The summed E-state index contributed by atoms with van der Waals surface area (Å²) in [6.45, 7) is 9.08. The summed E-state index contributed by atoms with van der Waals surface area (Å²) < 4.78 is 49.5. The molecule has 5 rings (SSSR count). The normalized spacial score (nSPS) is 17.0. The van der Waals surface area contributed by atoms with Crippen LogP contribution in [0.3, 0.4) is 0 Å². The zero-order valence-corrected chi connectivity index (χ0v) is 26.1. The van der Waals surface area contributed by atoms with E-state index in [1.54, 1.807) is 35.9 Å². The molecule has 1 aliphatic heterocycles. The Labute approximate surface area is 260 Å². The molecule has 230 valence electrons. The predicted octanol–water partition coefficient (Wildman–Crippen LogP) is 7.68. The lowest BCUT2D eigenvalue weighted by molar-refractivity contribution is -0.137. The maximum Gasteiger partial charge on any atom is 0.418 e. The third-order valence-electron chi connectivity index (χ3n) is 7.73. The molecule has 0 spiro atoms. The molecule has 3 heterocycles. The second-order valence-electron chi connectivity index (χ2n) is 11.8. The zero-order valence-electron chi connectivity index (χ0n) is 25.3. The van der Waals surface area contributed by atoms with Crippen LogP contribution in [0, 0.1) is 19.3 Å². The maximum atomic E-state index is 14.1. The Balaban J connectivity index is 1.66. The van der Waals surface area contributed by atoms with Gasteiger partial charge in [-0.05, 0) is 74.1 Å². The summed E-state index contributed by atoms with van der Waals surface area (Å²) in [6, 6.07) is 17.5. The molecule has 1 fully saturated rings. The first kappa shape index (κ1) is 31.1. The number of nitrogens with one attached hydrogen (secondary N) is 2. The molecule has 2 aromatic carbocycles. The van der Waals surface area contributed by atoms with Crippen LogP contribution in [0.5, 0.6) is 5.75 Å². The van der Waals surface area contributed by atoms with Crippen LogP contribution in [-0.4, -0.2) is 27.7 Å². The number of amides is 1. The van der Waals surface area contributed by atoms with E-state index in [-0.39, 0.29) is 11.6 Å². The lowest BCUT2D eigenvalue weighted by Gasteiger charge is -2.29. The number of hydrogen-bond acceptors (Lipinski definition) is 4. The lowest BCUT2D eigenvalue weighted by Crippen LogP contribution is -2.30. The summed E-state index contributed by atoms with van der Waals surface area (Å²) in [4.78, 5) is 19.2. The van der Waals surface area contributed by atoms with Crippen molar-refractivity contribution in [2.75, 3.05) is 17.3 Å². The Kier molecular flexibility index (Phi) is 8.19. The van der Waals surface area contributed by atoms with E-state index in [1.165, 1.54) is 19.2 Å². The van der Waals surface area contributed by atoms with Crippen molar-refractivity contribution in [3.05, 3.63) is 101 Å². The number of carbonyl (C=O) groups excluding carboxylic acids is 1. The quantitative estimate of drug-likeness (QED) is 0.215. The summed E-state index contributed by atoms with van der Waals surface area (Å²) in [5, 5.41) is 6.74. The van der Waals surface area contributed by atoms with Gasteiger partial charge in [-0.15, -0.1) is 0 Å². The summed E-state index contributed by atoms with van der Waals surface area (Å²) in [7, 11) is 1.52. The van der Waals surface area contributed by atoms with Crippen molar-refractivity contribution in [1.29, 1.82) is 0 Å². The average molecular weight is 622 g/mol. The van der Waals surface area contributed by atoms with Gasteiger partial charge in [-0.2, -0.15) is 13.2 Å². The number of hydrogen-bond donors (Lipinski definition) is 2. The van der Waals surface area contributed by atoms with E-state index in [9.17, 15) is 18.0 Å². The van der Waals surface area contributed by atoms with E-state index in [0.717, 1.165) is 17.3 Å². The molecule has 11 heteroatoms. The van der Waals surface area contributed by atoms with Crippen LogP contribution in [0.1, 0.15) is 61.1 Å². The number of aryl methyl sites for hydroxylation is 1. The van der Waals surface area contributed by atoms with Crippen molar-refractivity contribution >= 4 is 34.6 Å². The van der Waals surface area contributed by atoms with Crippen LogP contribution in [-0.2, 0) is 11.0 Å². The minimum atomic E-state index is -4.53. The number of nitrogens with zero attached hydrogens (tertiary/aromatic N) is 3. The minimum Gasteiger partial charge on any atom is -0.494 e. The van der Waals surface area contributed by atoms with Gasteiger partial charge in [0.05, 0.1) is 41.8 Å². The second kappa shape index (κ2) is 11.6. The average Bonchev–Trinajstić information content (AvgIpc) is 3.47. The number of para-hydroxylation sites is 1. The lowest BCUT2D eigenvalue weighted by atomic mass is 9.95. The van der Waals surface area contributed by atoms with Gasteiger partial charge in [0.2, 0.25) is 5.91 Å². The van der Waals surface area contributed by atoms with Crippen molar-refractivity contribution in [2.45, 2.75) is 52.9 Å². The fraction of sp³-hybridized carbons (Fsp3) is 0.303. The van der Waals surface area contributed by atoms with E-state index < -0.39 is 29.2 Å². The number of benzene rings is 2. The number of pyridine rings is 1. The molecule has 1 saturated heterocycles. The van der Waals surface area contributed by atoms with Crippen LogP contribution >= 0.6 is 12.2 Å². The molecule has 1 amide bonds. The van der Waals surface area contributed by atoms with E-state index in [2.05, 4.69) is 15.6 Å². The molecule has 0 unspecified atom stereocenters. The molecular formula is C33H34F3N5O2S. The van der Waals surface area contributed by atoms with E-state index in [1.807, 2.05) is 62.9 Å². The standard InChI is InChI=1S/C33H34F3N5O2S/c1-19-17-22(20(2)40(19)26-13-8-7-11-23(26)33(34,35)36)29-28(25-12-9-10-16-37-25)39-31(44)41(29)21-14-15-24(27(18-21)43-6)38-30(42)32(3,4)5/h7-18,28-29H,1-6H3,(H,38,42)(H,39,44)/t28-,29+/m0/s1. The Morgan fingerprint density at radius 2 is 1.73 bits per heavy atom. The van der Waals surface area contributed by atoms with Gasteiger partial charge in [0.25, 0.3) is 0 Å². The first-order chi connectivity index (χ1) is 20.7. The number of methoxy groups -OCH3 is 1. The van der Waals surface area contributed by atoms with Gasteiger partial charge in [0.15, 0.2) is 5.11 Å². The van der Waals surface area contributed by atoms with Crippen LogP contribution in [0.15, 0.2) is 72.9 Å². The molecule has 2 aromatic heterocycles. The first-order valence-electron chi connectivity index (χ1n) is 14.1. The molecule has 0 aliphatic carbocycles. The van der Waals surface area contributed by atoms with Gasteiger partial charge < -0.3 is 24.8 Å². The van der Waals surface area contributed by atoms with Crippen LogP contribution in [0.2, 0.25) is 0 Å². The number of anilines is 2. The second-order valence-corrected chi connectivity index (χ2v) is 12.1. The molecule has 2 N–H and O–H groups in total. The Bertz CT molecular complexity index is 1710. The van der Waals surface area contributed by atoms with E-state index in [0.29, 0.717) is 33.6 Å². The zero-order chi connectivity index (χ0) is 32.0. The summed E-state index contributed by atoms with van der Waals surface area (Å²) in [5.41, 5.74) is 2.70. The van der Waals surface area contributed by atoms with Crippen LogP contribution in [0.25, 0.3) is 5.69 Å². The fourth-order valence-corrected chi connectivity index (χ4v) is 5.90. The number of alkyl halides is 3. The van der Waals surface area contributed by atoms with Crippen molar-refractivity contribution in [3.63, 3.8) is 0 Å². The number of halogens is 3. The highest BCUT2D eigenvalue weighted by molar-refractivity contribution is 7.80. The molecule has 2 atom stereocenters. The van der Waals surface area contributed by atoms with Gasteiger partial charge in [-0.1, -0.05) is 39.0 Å². The topological polar surface area (TPSA) is 71.4 Å². The summed E-state index contributed by atoms with van der Waals surface area (Å²) in [6.07, 6.45) is -2.84. The number of ether oxygens (including phenoxy) is 1. The predicted molar refractivity (Wildman–Crippen MR) is 169 cm³/mol. The minimum absolute atomic E-state index is 0.0522. The number of thiocarbonyl (C=S) groups is 1. The van der Waals surface area contributed by atoms with Gasteiger partial charge in [0, 0.05) is 34.8 Å². The number of carbonyl (C=O) groups is 1. The molecule has 0 radical (unpaired) electrons. The fourth-order valence-electron chi connectivity index (χ4n) is 5.56. The van der Waals surface area contributed by atoms with E-state index in [4.69, 9.17) is 17.0 Å².